The number of hydrogen-bond acceptors (Lipinski definition) is 5. The Kier molecular flexibility index (Phi) is 10.8. The maximum atomic E-state index is 9.68. The van der Waals surface area contributed by atoms with E-state index in [4.69, 9.17) is 14.5 Å². The molecule has 0 amide bonds. The number of nitrogens with zero attached hydrogens (tertiary/aromatic N) is 2. The van der Waals surface area contributed by atoms with Crippen molar-refractivity contribution in [2.45, 2.75) is 51.3 Å². The minimum atomic E-state index is -0.143. The number of likely N-dealkylation sites (N-methyl/N-ethyl adjacent to an activating group) is 1. The maximum absolute atomic E-state index is 9.68. The SMILES string of the molecule is CCNC(=NCc1cccc(OCCN(C)CCOC)c1)NC1CCC(O)CC1. The van der Waals surface area contributed by atoms with E-state index in [1.165, 1.54) is 0 Å². The Morgan fingerprint density at radius 2 is 1.97 bits per heavy atom. The van der Waals surface area contributed by atoms with Gasteiger partial charge in [-0.25, -0.2) is 4.99 Å². The third-order valence-electron chi connectivity index (χ3n) is 5.12. The van der Waals surface area contributed by atoms with Crippen LogP contribution in [0.25, 0.3) is 0 Å². The first-order valence-corrected chi connectivity index (χ1v) is 10.7. The molecule has 0 bridgehead atoms. The van der Waals surface area contributed by atoms with Crippen molar-refractivity contribution in [3.8, 4) is 5.75 Å². The number of rotatable bonds is 11. The van der Waals surface area contributed by atoms with Gasteiger partial charge < -0.3 is 30.1 Å². The molecule has 7 heteroatoms. The molecule has 0 aromatic heterocycles. The lowest BCUT2D eigenvalue weighted by molar-refractivity contribution is 0.120. The van der Waals surface area contributed by atoms with Crippen LogP contribution in [0.4, 0.5) is 0 Å². The fraction of sp³-hybridized carbons (Fsp3) is 0.682. The van der Waals surface area contributed by atoms with Crippen LogP contribution in [0.1, 0.15) is 38.2 Å². The fourth-order valence-corrected chi connectivity index (χ4v) is 3.32. The van der Waals surface area contributed by atoms with Crippen molar-refractivity contribution < 1.29 is 14.6 Å². The summed E-state index contributed by atoms with van der Waals surface area (Å²) in [5.41, 5.74) is 1.12. The van der Waals surface area contributed by atoms with Crippen molar-refractivity contribution in [3.05, 3.63) is 29.8 Å². The van der Waals surface area contributed by atoms with Crippen LogP contribution in [-0.4, -0.2) is 75.1 Å². The summed E-state index contributed by atoms with van der Waals surface area (Å²) in [5, 5.41) is 16.5. The van der Waals surface area contributed by atoms with E-state index in [2.05, 4.69) is 41.6 Å². The van der Waals surface area contributed by atoms with Gasteiger partial charge in [0.25, 0.3) is 0 Å². The largest absolute Gasteiger partial charge is 0.492 e. The second-order valence-electron chi connectivity index (χ2n) is 7.64. The van der Waals surface area contributed by atoms with Crippen LogP contribution in [0.15, 0.2) is 29.3 Å². The van der Waals surface area contributed by atoms with E-state index in [-0.39, 0.29) is 6.10 Å². The van der Waals surface area contributed by atoms with Crippen LogP contribution >= 0.6 is 0 Å². The Bertz CT molecular complexity index is 603. The molecule has 164 valence electrons. The molecule has 0 spiro atoms. The van der Waals surface area contributed by atoms with Gasteiger partial charge in [0.2, 0.25) is 0 Å². The van der Waals surface area contributed by atoms with E-state index in [1.807, 2.05) is 12.1 Å². The number of methoxy groups -OCH3 is 1. The first-order chi connectivity index (χ1) is 14.1. The molecule has 0 heterocycles. The Hall–Kier alpha value is -1.83. The summed E-state index contributed by atoms with van der Waals surface area (Å²) in [7, 11) is 3.78. The lowest BCUT2D eigenvalue weighted by atomic mass is 9.93. The Labute approximate surface area is 175 Å². The summed E-state index contributed by atoms with van der Waals surface area (Å²) in [6.45, 7) is 6.61. The molecule has 1 saturated carbocycles. The first kappa shape index (κ1) is 23.4. The second-order valence-corrected chi connectivity index (χ2v) is 7.64. The van der Waals surface area contributed by atoms with E-state index < -0.39 is 0 Å². The molecule has 2 rings (SSSR count). The minimum absolute atomic E-state index is 0.143. The van der Waals surface area contributed by atoms with Gasteiger partial charge in [0, 0.05) is 32.8 Å². The lowest BCUT2D eigenvalue weighted by Gasteiger charge is -2.27. The molecule has 1 aromatic carbocycles. The topological polar surface area (TPSA) is 78.4 Å². The highest BCUT2D eigenvalue weighted by Gasteiger charge is 2.19. The van der Waals surface area contributed by atoms with E-state index in [9.17, 15) is 5.11 Å². The first-order valence-electron chi connectivity index (χ1n) is 10.7. The van der Waals surface area contributed by atoms with Gasteiger partial charge in [0.15, 0.2) is 5.96 Å². The number of aliphatic hydroxyl groups excluding tert-OH is 1. The lowest BCUT2D eigenvalue weighted by Crippen LogP contribution is -2.45. The van der Waals surface area contributed by atoms with E-state index in [0.29, 0.717) is 19.2 Å². The Balaban J connectivity index is 1.83. The van der Waals surface area contributed by atoms with Crippen molar-refractivity contribution in [3.63, 3.8) is 0 Å². The van der Waals surface area contributed by atoms with Crippen molar-refractivity contribution in [1.82, 2.24) is 15.5 Å². The van der Waals surface area contributed by atoms with Gasteiger partial charge in [-0.2, -0.15) is 0 Å². The predicted octanol–water partition coefficient (Wildman–Crippen LogP) is 2.00. The summed E-state index contributed by atoms with van der Waals surface area (Å²) < 4.78 is 11.0. The van der Waals surface area contributed by atoms with Gasteiger partial charge in [-0.3, -0.25) is 0 Å². The van der Waals surface area contributed by atoms with Gasteiger partial charge in [-0.1, -0.05) is 12.1 Å². The molecular weight excluding hydrogens is 368 g/mol. The van der Waals surface area contributed by atoms with Crippen LogP contribution in [-0.2, 0) is 11.3 Å². The standard InChI is InChI=1S/C22H38N4O3/c1-4-23-22(25-19-8-10-20(27)11-9-19)24-17-18-6-5-7-21(16-18)29-15-13-26(2)12-14-28-3/h5-7,16,19-20,27H,4,8-15,17H2,1-3H3,(H2,23,24,25). The zero-order chi connectivity index (χ0) is 20.9. The molecule has 0 saturated heterocycles. The third kappa shape index (κ3) is 9.47. The maximum Gasteiger partial charge on any atom is 0.191 e. The van der Waals surface area contributed by atoms with Gasteiger partial charge in [-0.05, 0) is 57.4 Å². The molecule has 29 heavy (non-hydrogen) atoms. The minimum Gasteiger partial charge on any atom is -0.492 e. The smallest absolute Gasteiger partial charge is 0.191 e. The molecule has 3 N–H and O–H groups in total. The van der Waals surface area contributed by atoms with Crippen LogP contribution in [0, 0.1) is 0 Å². The third-order valence-corrected chi connectivity index (χ3v) is 5.12. The summed E-state index contributed by atoms with van der Waals surface area (Å²) in [4.78, 5) is 6.93. The average molecular weight is 407 g/mol. The highest BCUT2D eigenvalue weighted by molar-refractivity contribution is 5.80. The highest BCUT2D eigenvalue weighted by atomic mass is 16.5. The normalized spacial score (nSPS) is 20.0. The molecule has 0 aliphatic heterocycles. The summed E-state index contributed by atoms with van der Waals surface area (Å²) in [6.07, 6.45) is 3.53. The van der Waals surface area contributed by atoms with Crippen LogP contribution in [0.3, 0.4) is 0 Å². The molecule has 1 aliphatic rings. The number of aliphatic imine (C=N–C) groups is 1. The summed E-state index contributed by atoms with van der Waals surface area (Å²) in [5.74, 6) is 1.71. The number of aliphatic hydroxyl groups is 1. The predicted molar refractivity (Wildman–Crippen MR) is 118 cm³/mol. The van der Waals surface area contributed by atoms with Crippen LogP contribution < -0.4 is 15.4 Å². The molecule has 1 aromatic rings. The summed E-state index contributed by atoms with van der Waals surface area (Å²) >= 11 is 0. The van der Waals surface area contributed by atoms with Gasteiger partial charge in [0.05, 0.1) is 19.3 Å². The monoisotopic (exact) mass is 406 g/mol. The fourth-order valence-electron chi connectivity index (χ4n) is 3.32. The second kappa shape index (κ2) is 13.4. The molecule has 1 fully saturated rings. The average Bonchev–Trinajstić information content (AvgIpc) is 2.72. The zero-order valence-electron chi connectivity index (χ0n) is 18.2. The van der Waals surface area contributed by atoms with E-state index >= 15 is 0 Å². The summed E-state index contributed by atoms with van der Waals surface area (Å²) in [6, 6.07) is 8.50. The van der Waals surface area contributed by atoms with Crippen molar-refractivity contribution >= 4 is 5.96 Å². The molecule has 1 aliphatic carbocycles. The van der Waals surface area contributed by atoms with Crippen molar-refractivity contribution in [2.24, 2.45) is 4.99 Å². The van der Waals surface area contributed by atoms with Crippen molar-refractivity contribution in [1.29, 1.82) is 0 Å². The molecule has 0 unspecified atom stereocenters. The number of ether oxygens (including phenoxy) is 2. The number of hydrogen-bond donors (Lipinski definition) is 3. The van der Waals surface area contributed by atoms with Crippen LogP contribution in [0.5, 0.6) is 5.75 Å². The zero-order valence-corrected chi connectivity index (χ0v) is 18.2. The van der Waals surface area contributed by atoms with E-state index in [1.54, 1.807) is 7.11 Å². The van der Waals surface area contributed by atoms with E-state index in [0.717, 1.165) is 69.2 Å². The molecular formula is C22H38N4O3. The molecule has 0 radical (unpaired) electrons. The quantitative estimate of drug-likeness (QED) is 0.385. The number of benzene rings is 1. The van der Waals surface area contributed by atoms with Gasteiger partial charge >= 0.3 is 0 Å². The van der Waals surface area contributed by atoms with Crippen LogP contribution in [0.2, 0.25) is 0 Å². The Morgan fingerprint density at radius 3 is 2.69 bits per heavy atom. The number of nitrogens with one attached hydrogen (secondary N) is 2. The van der Waals surface area contributed by atoms with Gasteiger partial charge in [0.1, 0.15) is 12.4 Å². The molecule has 7 nitrogen and oxygen atoms in total. The Morgan fingerprint density at radius 1 is 1.21 bits per heavy atom. The molecule has 0 atom stereocenters. The number of guanidine groups is 1. The van der Waals surface area contributed by atoms with Gasteiger partial charge in [-0.15, -0.1) is 0 Å². The van der Waals surface area contributed by atoms with Crippen molar-refractivity contribution in [2.75, 3.05) is 47.0 Å². The highest BCUT2D eigenvalue weighted by Crippen LogP contribution is 2.18.